The van der Waals surface area contributed by atoms with Crippen molar-refractivity contribution in [2.24, 2.45) is 0 Å². The average Bonchev–Trinajstić information content (AvgIpc) is 3.68. The fourth-order valence-corrected chi connectivity index (χ4v) is 6.07. The molecule has 0 unspecified atom stereocenters. The van der Waals surface area contributed by atoms with E-state index in [-0.39, 0.29) is 35.4 Å². The molecule has 2 aromatic heterocycles. The van der Waals surface area contributed by atoms with Gasteiger partial charge >= 0.3 is 0 Å². The van der Waals surface area contributed by atoms with Crippen LogP contribution in [0.5, 0.6) is 23.1 Å². The number of fused-ring (bicyclic) bond motifs is 2. The van der Waals surface area contributed by atoms with Gasteiger partial charge < -0.3 is 18.9 Å². The molecule has 242 valence electrons. The summed E-state index contributed by atoms with van der Waals surface area (Å²) in [5, 5.41) is 0.461. The van der Waals surface area contributed by atoms with E-state index in [4.69, 9.17) is 18.9 Å². The molecule has 0 bridgehead atoms. The van der Waals surface area contributed by atoms with Gasteiger partial charge in [-0.15, -0.1) is 0 Å². The SMILES string of the molecule is COc1cc2c(Oc3ccc(CC(=O)c4c5n(n(-c6cc(F)ccc6F)c4=O)CCCC5)cc3F)ncnc2cc1O[C@H]1CCOC1. The van der Waals surface area contributed by atoms with Gasteiger partial charge in [0.25, 0.3) is 5.56 Å². The van der Waals surface area contributed by atoms with Crippen molar-refractivity contribution in [2.75, 3.05) is 20.3 Å². The first kappa shape index (κ1) is 30.5. The number of ether oxygens (including phenoxy) is 4. The Labute approximate surface area is 266 Å². The summed E-state index contributed by atoms with van der Waals surface area (Å²) in [7, 11) is 1.50. The second-order valence-corrected chi connectivity index (χ2v) is 11.4. The summed E-state index contributed by atoms with van der Waals surface area (Å²) >= 11 is 0. The van der Waals surface area contributed by atoms with Gasteiger partial charge in [-0.2, -0.15) is 0 Å². The van der Waals surface area contributed by atoms with E-state index in [2.05, 4.69) is 9.97 Å². The van der Waals surface area contributed by atoms with E-state index in [0.717, 1.165) is 41.8 Å². The molecular weight excluding hydrogens is 617 g/mol. The lowest BCUT2D eigenvalue weighted by atomic mass is 9.99. The number of carbonyl (C=O) groups is 1. The summed E-state index contributed by atoms with van der Waals surface area (Å²) in [5.41, 5.74) is 0.114. The molecule has 0 N–H and O–H groups in total. The molecule has 0 radical (unpaired) electrons. The molecule has 3 aromatic carbocycles. The Bertz CT molecular complexity index is 2070. The Morgan fingerprint density at radius 2 is 1.87 bits per heavy atom. The van der Waals surface area contributed by atoms with Gasteiger partial charge in [-0.3, -0.25) is 14.3 Å². The number of methoxy groups -OCH3 is 1. The van der Waals surface area contributed by atoms with E-state index in [1.54, 1.807) is 12.1 Å². The first-order chi connectivity index (χ1) is 22.8. The van der Waals surface area contributed by atoms with Crippen molar-refractivity contribution in [2.45, 2.75) is 44.8 Å². The number of hydrogen-bond acceptors (Lipinski definition) is 8. The molecule has 13 heteroatoms. The van der Waals surface area contributed by atoms with Gasteiger partial charge in [0.1, 0.15) is 35.3 Å². The zero-order valence-electron chi connectivity index (χ0n) is 25.3. The molecule has 10 nitrogen and oxygen atoms in total. The Morgan fingerprint density at radius 3 is 2.66 bits per heavy atom. The minimum Gasteiger partial charge on any atom is -0.493 e. The number of aromatic nitrogens is 4. The summed E-state index contributed by atoms with van der Waals surface area (Å²) in [4.78, 5) is 35.6. The van der Waals surface area contributed by atoms with Gasteiger partial charge in [-0.05, 0) is 55.2 Å². The van der Waals surface area contributed by atoms with Gasteiger partial charge in [0.2, 0.25) is 5.88 Å². The third kappa shape index (κ3) is 5.82. The first-order valence-electron chi connectivity index (χ1n) is 15.2. The Kier molecular flexibility index (Phi) is 8.14. The molecule has 2 aliphatic rings. The largest absolute Gasteiger partial charge is 0.493 e. The van der Waals surface area contributed by atoms with Crippen LogP contribution in [0.2, 0.25) is 0 Å². The first-order valence-corrected chi connectivity index (χ1v) is 15.2. The van der Waals surface area contributed by atoms with Crippen LogP contribution >= 0.6 is 0 Å². The molecule has 0 saturated carbocycles. The standard InChI is InChI=1S/C34H29F3N4O6/c1-44-30-15-22-25(16-31(30)46-21-9-11-45-17-21)38-18-39-33(22)47-29-8-5-19(12-24(29)37)13-28(42)32-26-4-2-3-10-40(26)41(34(32)43)27-14-20(35)6-7-23(27)36/h5-8,12,14-16,18,21H,2-4,9-11,13,17H2,1H3/t21-/m0/s1. The number of hydrogen-bond donors (Lipinski definition) is 0. The van der Waals surface area contributed by atoms with E-state index >= 15 is 4.39 Å². The molecule has 0 spiro atoms. The molecule has 0 amide bonds. The lowest BCUT2D eigenvalue weighted by molar-refractivity contribution is 0.0990. The van der Waals surface area contributed by atoms with Crippen LogP contribution in [0.25, 0.3) is 16.6 Å². The van der Waals surface area contributed by atoms with Crippen LogP contribution in [0.1, 0.15) is 40.9 Å². The molecule has 2 aliphatic heterocycles. The number of halogens is 3. The zero-order chi connectivity index (χ0) is 32.7. The molecule has 7 rings (SSSR count). The highest BCUT2D eigenvalue weighted by Gasteiger charge is 2.29. The molecule has 0 aliphatic carbocycles. The van der Waals surface area contributed by atoms with Gasteiger partial charge in [0.05, 0.1) is 36.9 Å². The summed E-state index contributed by atoms with van der Waals surface area (Å²) in [5.74, 6) is -1.98. The average molecular weight is 647 g/mol. The number of Topliss-reactive ketones (excluding diaryl/α,β-unsaturated/α-hetero) is 1. The third-order valence-electron chi connectivity index (χ3n) is 8.33. The van der Waals surface area contributed by atoms with Crippen molar-refractivity contribution in [3.8, 4) is 28.8 Å². The Morgan fingerprint density at radius 1 is 1.00 bits per heavy atom. The highest BCUT2D eigenvalue weighted by Crippen LogP contribution is 2.37. The smallest absolute Gasteiger partial charge is 0.282 e. The molecule has 5 aromatic rings. The maximum atomic E-state index is 15.4. The molecule has 1 atom stereocenters. The van der Waals surface area contributed by atoms with Crippen LogP contribution in [0.15, 0.2) is 59.7 Å². The molecular formula is C34H29F3N4O6. The van der Waals surface area contributed by atoms with Gasteiger partial charge in [-0.25, -0.2) is 27.8 Å². The van der Waals surface area contributed by atoms with Crippen LogP contribution in [0.3, 0.4) is 0 Å². The summed E-state index contributed by atoms with van der Waals surface area (Å²) < 4.78 is 69.5. The Hall–Kier alpha value is -5.17. The van der Waals surface area contributed by atoms with Crippen molar-refractivity contribution in [3.05, 3.63) is 99.5 Å². The molecule has 4 heterocycles. The van der Waals surface area contributed by atoms with Crippen LogP contribution in [0, 0.1) is 17.5 Å². The van der Waals surface area contributed by atoms with E-state index in [9.17, 15) is 18.4 Å². The second-order valence-electron chi connectivity index (χ2n) is 11.4. The third-order valence-corrected chi connectivity index (χ3v) is 8.33. The van der Waals surface area contributed by atoms with E-state index in [1.807, 2.05) is 0 Å². The highest BCUT2D eigenvalue weighted by molar-refractivity contribution is 5.98. The fraction of sp³-hybridized carbons (Fsp3) is 0.294. The minimum absolute atomic E-state index is 0.0809. The molecule has 47 heavy (non-hydrogen) atoms. The fourth-order valence-electron chi connectivity index (χ4n) is 6.07. The summed E-state index contributed by atoms with van der Waals surface area (Å²) in [6.07, 6.45) is 3.49. The van der Waals surface area contributed by atoms with Crippen LogP contribution in [-0.2, 0) is 24.1 Å². The van der Waals surface area contributed by atoms with E-state index in [0.29, 0.717) is 66.3 Å². The van der Waals surface area contributed by atoms with Crippen molar-refractivity contribution in [3.63, 3.8) is 0 Å². The van der Waals surface area contributed by atoms with Gasteiger partial charge in [-0.1, -0.05) is 6.07 Å². The minimum atomic E-state index is -0.793. The highest BCUT2D eigenvalue weighted by atomic mass is 19.1. The van der Waals surface area contributed by atoms with Crippen LogP contribution < -0.4 is 19.8 Å². The number of nitrogens with zero attached hydrogens (tertiary/aromatic N) is 4. The molecule has 1 saturated heterocycles. The zero-order valence-corrected chi connectivity index (χ0v) is 25.3. The van der Waals surface area contributed by atoms with Crippen molar-refractivity contribution in [1.82, 2.24) is 19.3 Å². The van der Waals surface area contributed by atoms with E-state index in [1.165, 1.54) is 30.3 Å². The number of benzene rings is 3. The maximum Gasteiger partial charge on any atom is 0.282 e. The molecule has 1 fully saturated rings. The van der Waals surface area contributed by atoms with Crippen molar-refractivity contribution >= 4 is 16.7 Å². The number of rotatable bonds is 9. The van der Waals surface area contributed by atoms with E-state index < -0.39 is 28.8 Å². The maximum absolute atomic E-state index is 15.4. The topological polar surface area (TPSA) is 107 Å². The number of carbonyl (C=O) groups excluding carboxylic acids is 1. The van der Waals surface area contributed by atoms with Crippen molar-refractivity contribution in [1.29, 1.82) is 0 Å². The van der Waals surface area contributed by atoms with Gasteiger partial charge in [0.15, 0.2) is 28.8 Å². The van der Waals surface area contributed by atoms with Crippen LogP contribution in [0.4, 0.5) is 13.2 Å². The van der Waals surface area contributed by atoms with Crippen LogP contribution in [-0.4, -0.2) is 51.5 Å². The predicted octanol–water partition coefficient (Wildman–Crippen LogP) is 5.73. The summed E-state index contributed by atoms with van der Waals surface area (Å²) in [6.45, 7) is 1.45. The monoisotopic (exact) mass is 646 g/mol. The predicted molar refractivity (Wildman–Crippen MR) is 163 cm³/mol. The van der Waals surface area contributed by atoms with Gasteiger partial charge in [0, 0.05) is 31.5 Å². The second kappa shape index (κ2) is 12.6. The number of ketones is 1. The van der Waals surface area contributed by atoms with Crippen molar-refractivity contribution < 1.29 is 36.9 Å². The Balaban J connectivity index is 1.15. The normalized spacial score (nSPS) is 15.9. The summed E-state index contributed by atoms with van der Waals surface area (Å²) in [6, 6.07) is 10.2. The lowest BCUT2D eigenvalue weighted by Crippen LogP contribution is -2.25. The lowest BCUT2D eigenvalue weighted by Gasteiger charge is -2.19. The quantitative estimate of drug-likeness (QED) is 0.187.